The van der Waals surface area contributed by atoms with Crippen LogP contribution < -0.4 is 5.32 Å². The minimum absolute atomic E-state index is 0.0288. The van der Waals surface area contributed by atoms with Gasteiger partial charge in [-0.2, -0.15) is 0 Å². The van der Waals surface area contributed by atoms with Crippen LogP contribution in [0, 0.1) is 5.82 Å². The lowest BCUT2D eigenvalue weighted by Gasteiger charge is -2.34. The van der Waals surface area contributed by atoms with Crippen LogP contribution in [0.3, 0.4) is 0 Å². The third-order valence-corrected chi connectivity index (χ3v) is 3.67. The fraction of sp³-hybridized carbons (Fsp3) is 0.500. The Kier molecular flexibility index (Phi) is 4.70. The minimum Gasteiger partial charge on any atom is -0.380 e. The normalized spacial score (nSPS) is 16.1. The zero-order chi connectivity index (χ0) is 14.7. The van der Waals surface area contributed by atoms with Crippen molar-refractivity contribution in [3.8, 4) is 0 Å². The summed E-state index contributed by atoms with van der Waals surface area (Å²) in [5, 5.41) is 3.57. The molecule has 1 fully saturated rings. The number of rotatable bonds is 2. The molecule has 0 bridgehead atoms. The summed E-state index contributed by atoms with van der Waals surface area (Å²) in [4.78, 5) is 15.2. The molecule has 6 heteroatoms. The van der Waals surface area contributed by atoms with Gasteiger partial charge in [0.2, 0.25) is 0 Å². The van der Waals surface area contributed by atoms with Gasteiger partial charge in [-0.15, -0.1) is 0 Å². The lowest BCUT2D eigenvalue weighted by Crippen LogP contribution is -2.46. The number of urea groups is 1. The van der Waals surface area contributed by atoms with E-state index >= 15 is 0 Å². The van der Waals surface area contributed by atoms with Gasteiger partial charge in [0.05, 0.1) is 5.69 Å². The van der Waals surface area contributed by atoms with Gasteiger partial charge in [0.1, 0.15) is 5.82 Å². The van der Waals surface area contributed by atoms with Gasteiger partial charge in [-0.3, -0.25) is 0 Å². The molecule has 0 aliphatic carbocycles. The van der Waals surface area contributed by atoms with E-state index in [1.54, 1.807) is 31.1 Å². The van der Waals surface area contributed by atoms with Crippen LogP contribution in [-0.2, 0) is 0 Å². The van der Waals surface area contributed by atoms with E-state index in [1.807, 2.05) is 4.90 Å². The van der Waals surface area contributed by atoms with E-state index < -0.39 is 0 Å². The highest BCUT2D eigenvalue weighted by atomic mass is 35.5. The molecule has 0 saturated carbocycles. The molecule has 110 valence electrons. The van der Waals surface area contributed by atoms with Crippen molar-refractivity contribution in [1.29, 1.82) is 0 Å². The average molecular weight is 300 g/mol. The van der Waals surface area contributed by atoms with Gasteiger partial charge in [-0.05, 0) is 31.0 Å². The molecule has 4 nitrogen and oxygen atoms in total. The van der Waals surface area contributed by atoms with E-state index in [9.17, 15) is 9.18 Å². The zero-order valence-corrected chi connectivity index (χ0v) is 12.5. The first-order valence-electron chi connectivity index (χ1n) is 6.65. The summed E-state index contributed by atoms with van der Waals surface area (Å²) in [5.74, 6) is -0.343. The Balaban J connectivity index is 1.90. The molecule has 0 aromatic heterocycles. The molecule has 1 saturated heterocycles. The number of piperidine rings is 1. The van der Waals surface area contributed by atoms with E-state index in [2.05, 4.69) is 5.32 Å². The van der Waals surface area contributed by atoms with Gasteiger partial charge < -0.3 is 15.1 Å². The Morgan fingerprint density at radius 3 is 2.60 bits per heavy atom. The quantitative estimate of drug-likeness (QED) is 0.911. The molecule has 0 spiro atoms. The van der Waals surface area contributed by atoms with Gasteiger partial charge in [0, 0.05) is 38.2 Å². The Morgan fingerprint density at radius 2 is 2.05 bits per heavy atom. The smallest absolute Gasteiger partial charge is 0.319 e. The highest BCUT2D eigenvalue weighted by Gasteiger charge is 2.24. The molecule has 1 aliphatic heterocycles. The number of hydrogen-bond donors (Lipinski definition) is 1. The molecule has 20 heavy (non-hydrogen) atoms. The summed E-state index contributed by atoms with van der Waals surface area (Å²) in [6, 6.07) is 4.82. The van der Waals surface area contributed by atoms with E-state index in [0.717, 1.165) is 12.8 Å². The minimum atomic E-state index is -0.343. The maximum absolute atomic E-state index is 13.7. The topological polar surface area (TPSA) is 35.6 Å². The summed E-state index contributed by atoms with van der Waals surface area (Å²) < 4.78 is 13.7. The largest absolute Gasteiger partial charge is 0.380 e. The van der Waals surface area contributed by atoms with E-state index in [0.29, 0.717) is 23.8 Å². The second-order valence-corrected chi connectivity index (χ2v) is 5.64. The maximum atomic E-state index is 13.7. The number of nitrogens with zero attached hydrogens (tertiary/aromatic N) is 2. The molecule has 1 aliphatic rings. The first kappa shape index (κ1) is 14.9. The third-order valence-electron chi connectivity index (χ3n) is 3.44. The summed E-state index contributed by atoms with van der Waals surface area (Å²) in [6.45, 7) is 1.37. The molecule has 2 amide bonds. The van der Waals surface area contributed by atoms with Crippen LogP contribution in [0.2, 0.25) is 5.02 Å². The Morgan fingerprint density at radius 1 is 1.40 bits per heavy atom. The number of halogens is 2. The Labute approximate surface area is 123 Å². The van der Waals surface area contributed by atoms with Crippen molar-refractivity contribution in [3.63, 3.8) is 0 Å². The first-order chi connectivity index (χ1) is 9.47. The van der Waals surface area contributed by atoms with Crippen LogP contribution in [0.25, 0.3) is 0 Å². The predicted molar refractivity (Wildman–Crippen MR) is 78.7 cm³/mol. The number of benzene rings is 1. The van der Waals surface area contributed by atoms with E-state index in [-0.39, 0.29) is 17.9 Å². The van der Waals surface area contributed by atoms with Crippen LogP contribution in [-0.4, -0.2) is 49.1 Å². The zero-order valence-electron chi connectivity index (χ0n) is 11.7. The van der Waals surface area contributed by atoms with Crippen LogP contribution in [0.5, 0.6) is 0 Å². The van der Waals surface area contributed by atoms with Crippen molar-refractivity contribution in [2.24, 2.45) is 0 Å². The number of anilines is 1. The standard InChI is InChI=1S/C14H19ClFN3O/c1-18(2)14(20)19-7-5-11(6-8-19)17-13-4-3-10(15)9-12(13)16/h3-4,9,11,17H,5-8H2,1-2H3. The highest BCUT2D eigenvalue weighted by molar-refractivity contribution is 6.30. The fourth-order valence-corrected chi connectivity index (χ4v) is 2.48. The number of nitrogens with one attached hydrogen (secondary N) is 1. The second kappa shape index (κ2) is 6.31. The van der Waals surface area contributed by atoms with Crippen LogP contribution in [0.15, 0.2) is 18.2 Å². The van der Waals surface area contributed by atoms with Crippen LogP contribution in [0.4, 0.5) is 14.9 Å². The van der Waals surface area contributed by atoms with Gasteiger partial charge in [-0.1, -0.05) is 11.6 Å². The molecule has 1 aromatic rings. The molecular weight excluding hydrogens is 281 g/mol. The fourth-order valence-electron chi connectivity index (χ4n) is 2.32. The Hall–Kier alpha value is -1.49. The van der Waals surface area contributed by atoms with Gasteiger partial charge >= 0.3 is 6.03 Å². The molecule has 0 radical (unpaired) electrons. The van der Waals surface area contributed by atoms with Gasteiger partial charge in [0.25, 0.3) is 0 Å². The second-order valence-electron chi connectivity index (χ2n) is 5.21. The van der Waals surface area contributed by atoms with Crippen molar-refractivity contribution < 1.29 is 9.18 Å². The lowest BCUT2D eigenvalue weighted by atomic mass is 10.0. The number of carbonyl (C=O) groups excluding carboxylic acids is 1. The number of hydrogen-bond acceptors (Lipinski definition) is 2. The molecule has 2 rings (SSSR count). The Bertz CT molecular complexity index is 487. The molecule has 0 atom stereocenters. The molecule has 1 N–H and O–H groups in total. The van der Waals surface area contributed by atoms with E-state index in [1.165, 1.54) is 6.07 Å². The summed E-state index contributed by atoms with van der Waals surface area (Å²) in [7, 11) is 3.49. The summed E-state index contributed by atoms with van der Waals surface area (Å²) in [5.41, 5.74) is 0.465. The van der Waals surface area contributed by atoms with Gasteiger partial charge in [-0.25, -0.2) is 9.18 Å². The number of likely N-dealkylation sites (tertiary alicyclic amines) is 1. The third kappa shape index (κ3) is 3.54. The van der Waals surface area contributed by atoms with Crippen molar-refractivity contribution in [2.75, 3.05) is 32.5 Å². The summed E-state index contributed by atoms with van der Waals surface area (Å²) >= 11 is 5.73. The predicted octanol–water partition coefficient (Wildman–Crippen LogP) is 3.04. The maximum Gasteiger partial charge on any atom is 0.319 e. The summed E-state index contributed by atoms with van der Waals surface area (Å²) in [6.07, 6.45) is 1.61. The average Bonchev–Trinajstić information content (AvgIpc) is 2.42. The highest BCUT2D eigenvalue weighted by Crippen LogP contribution is 2.22. The SMILES string of the molecule is CN(C)C(=O)N1CCC(Nc2ccc(Cl)cc2F)CC1. The molecular formula is C14H19ClFN3O. The van der Waals surface area contributed by atoms with Crippen molar-refractivity contribution in [3.05, 3.63) is 29.0 Å². The van der Waals surface area contributed by atoms with E-state index in [4.69, 9.17) is 11.6 Å². The van der Waals surface area contributed by atoms with Crippen LogP contribution in [0.1, 0.15) is 12.8 Å². The number of carbonyl (C=O) groups is 1. The van der Waals surface area contributed by atoms with Crippen molar-refractivity contribution in [1.82, 2.24) is 9.80 Å². The molecule has 1 aromatic carbocycles. The number of amides is 2. The monoisotopic (exact) mass is 299 g/mol. The molecule has 1 heterocycles. The van der Waals surface area contributed by atoms with Crippen molar-refractivity contribution >= 4 is 23.3 Å². The molecule has 0 unspecified atom stereocenters. The van der Waals surface area contributed by atoms with Crippen LogP contribution >= 0.6 is 11.6 Å². The van der Waals surface area contributed by atoms with Crippen molar-refractivity contribution in [2.45, 2.75) is 18.9 Å². The first-order valence-corrected chi connectivity index (χ1v) is 7.03. The lowest BCUT2D eigenvalue weighted by molar-refractivity contribution is 0.158. The van der Waals surface area contributed by atoms with Gasteiger partial charge in [0.15, 0.2) is 0 Å².